The highest BCUT2D eigenvalue weighted by atomic mass is 32.2. The Hall–Kier alpha value is -2.56. The normalized spacial score (nSPS) is 13.7. The number of hydrogen-bond acceptors (Lipinski definition) is 8. The van der Waals surface area contributed by atoms with Crippen LogP contribution < -0.4 is 5.56 Å². The molecule has 0 unspecified atom stereocenters. The molecule has 0 bridgehead atoms. The van der Waals surface area contributed by atoms with E-state index in [-0.39, 0.29) is 5.56 Å². The average Bonchev–Trinajstić information content (AvgIpc) is 3.44. The first kappa shape index (κ1) is 22.2. The van der Waals surface area contributed by atoms with Crippen molar-refractivity contribution in [1.82, 2.24) is 34.7 Å². The lowest BCUT2D eigenvalue weighted by Gasteiger charge is -2.15. The number of rotatable bonds is 8. The van der Waals surface area contributed by atoms with Crippen molar-refractivity contribution >= 4 is 33.3 Å². The molecule has 0 aliphatic heterocycles. The topological polar surface area (TPSA) is 81.7 Å². The Balaban J connectivity index is 1.49. The molecular weight excluding hydrogens is 454 g/mol. The van der Waals surface area contributed by atoms with Gasteiger partial charge in [-0.2, -0.15) is 4.68 Å². The fraction of sp³-hybridized carbons (Fsp3) is 0.435. The highest BCUT2D eigenvalue weighted by Gasteiger charge is 2.22. The third-order valence-corrected chi connectivity index (χ3v) is 8.05. The van der Waals surface area contributed by atoms with Gasteiger partial charge in [0.15, 0.2) is 11.0 Å². The van der Waals surface area contributed by atoms with Crippen molar-refractivity contribution < 1.29 is 0 Å². The van der Waals surface area contributed by atoms with Gasteiger partial charge in [-0.25, -0.2) is 4.98 Å². The second-order valence-electron chi connectivity index (χ2n) is 8.53. The highest BCUT2D eigenvalue weighted by Crippen LogP contribution is 2.35. The summed E-state index contributed by atoms with van der Waals surface area (Å²) < 4.78 is 3.61. The zero-order valence-electron chi connectivity index (χ0n) is 18.9. The molecule has 172 valence electrons. The average molecular weight is 482 g/mol. The lowest BCUT2D eigenvalue weighted by atomic mass is 9.97. The van der Waals surface area contributed by atoms with E-state index in [2.05, 4.69) is 34.5 Å². The van der Waals surface area contributed by atoms with Crippen LogP contribution in [0.5, 0.6) is 0 Å². The molecule has 3 heterocycles. The van der Waals surface area contributed by atoms with Gasteiger partial charge in [0, 0.05) is 11.4 Å². The summed E-state index contributed by atoms with van der Waals surface area (Å²) in [7, 11) is 4.11. The summed E-state index contributed by atoms with van der Waals surface area (Å²) in [5.74, 6) is 1.25. The van der Waals surface area contributed by atoms with Crippen LogP contribution in [-0.2, 0) is 25.1 Å². The Morgan fingerprint density at radius 3 is 2.79 bits per heavy atom. The summed E-state index contributed by atoms with van der Waals surface area (Å²) in [6.07, 6.45) is 5.28. The number of fused-ring (bicyclic) bond motifs is 3. The van der Waals surface area contributed by atoms with Crippen LogP contribution in [0.25, 0.3) is 15.9 Å². The van der Waals surface area contributed by atoms with Gasteiger partial charge >= 0.3 is 0 Å². The molecule has 0 atom stereocenters. The largest absolute Gasteiger partial charge is 0.309 e. The molecule has 1 aliphatic carbocycles. The quantitative estimate of drug-likeness (QED) is 0.281. The van der Waals surface area contributed by atoms with Crippen LogP contribution in [0.2, 0.25) is 0 Å². The van der Waals surface area contributed by atoms with Crippen LogP contribution in [0, 0.1) is 0 Å². The summed E-state index contributed by atoms with van der Waals surface area (Å²) >= 11 is 3.23. The van der Waals surface area contributed by atoms with Crippen LogP contribution in [0.1, 0.15) is 35.5 Å². The number of aryl methyl sites for hydroxylation is 2. The molecule has 3 aromatic heterocycles. The monoisotopic (exact) mass is 481 g/mol. The number of nitrogens with zero attached hydrogens (tertiary/aromatic N) is 7. The van der Waals surface area contributed by atoms with Gasteiger partial charge in [0.05, 0.1) is 16.8 Å². The Bertz CT molecular complexity index is 1310. The minimum atomic E-state index is 0.100. The van der Waals surface area contributed by atoms with E-state index in [0.717, 1.165) is 59.1 Å². The summed E-state index contributed by atoms with van der Waals surface area (Å²) in [6.45, 7) is 1.57. The van der Waals surface area contributed by atoms with Crippen molar-refractivity contribution in [3.8, 4) is 5.69 Å². The molecule has 8 nitrogen and oxygen atoms in total. The van der Waals surface area contributed by atoms with Crippen molar-refractivity contribution in [2.45, 2.75) is 49.6 Å². The number of thiophene rings is 1. The maximum atomic E-state index is 13.7. The van der Waals surface area contributed by atoms with E-state index < -0.39 is 0 Å². The second-order valence-corrected chi connectivity index (χ2v) is 10.6. The van der Waals surface area contributed by atoms with Gasteiger partial charge in [-0.1, -0.05) is 30.0 Å². The third kappa shape index (κ3) is 4.60. The van der Waals surface area contributed by atoms with E-state index >= 15 is 0 Å². The minimum Gasteiger partial charge on any atom is -0.309 e. The second kappa shape index (κ2) is 9.74. The molecule has 0 saturated heterocycles. The lowest BCUT2D eigenvalue weighted by Crippen LogP contribution is -2.26. The number of hydrogen-bond donors (Lipinski definition) is 0. The molecule has 0 N–H and O–H groups in total. The van der Waals surface area contributed by atoms with Crippen LogP contribution in [0.4, 0.5) is 0 Å². The molecule has 1 aliphatic rings. The fourth-order valence-electron chi connectivity index (χ4n) is 4.27. The number of tetrazole rings is 1. The van der Waals surface area contributed by atoms with E-state index in [1.807, 2.05) is 34.9 Å². The van der Waals surface area contributed by atoms with E-state index in [0.29, 0.717) is 12.3 Å². The summed E-state index contributed by atoms with van der Waals surface area (Å²) in [4.78, 5) is 23.0. The van der Waals surface area contributed by atoms with E-state index in [9.17, 15) is 4.79 Å². The molecule has 0 amide bonds. The van der Waals surface area contributed by atoms with Gasteiger partial charge < -0.3 is 4.90 Å². The predicted molar refractivity (Wildman–Crippen MR) is 132 cm³/mol. The maximum Gasteiger partial charge on any atom is 0.263 e. The van der Waals surface area contributed by atoms with Crippen LogP contribution in [0.3, 0.4) is 0 Å². The number of thioether (sulfide) groups is 1. The van der Waals surface area contributed by atoms with Gasteiger partial charge in [-0.05, 0) is 80.9 Å². The van der Waals surface area contributed by atoms with E-state index in [1.54, 1.807) is 16.0 Å². The van der Waals surface area contributed by atoms with Gasteiger partial charge in [-0.15, -0.1) is 16.4 Å². The van der Waals surface area contributed by atoms with Crippen LogP contribution in [0.15, 0.2) is 40.3 Å². The molecule has 0 radical (unpaired) electrons. The lowest BCUT2D eigenvalue weighted by molar-refractivity contribution is 0.379. The standard InChI is InChI=1S/C23H27N7OS2/c1-28(2)13-8-14-29-22(31)20-17-11-6-7-12-18(17)33-21(20)24-23(29)32-15-19-25-26-27-30(19)16-9-4-3-5-10-16/h3-5,9-10H,6-8,11-15H2,1-2H3. The van der Waals surface area contributed by atoms with Gasteiger partial charge in [0.2, 0.25) is 0 Å². The SMILES string of the molecule is CN(C)CCCn1c(SCc2nnnn2-c2ccccc2)nc2sc3c(c2c1=O)CCCC3. The van der Waals surface area contributed by atoms with Crippen LogP contribution in [-0.4, -0.2) is 55.3 Å². The Kier molecular flexibility index (Phi) is 6.57. The highest BCUT2D eigenvalue weighted by molar-refractivity contribution is 7.98. The Morgan fingerprint density at radius 2 is 1.97 bits per heavy atom. The minimum absolute atomic E-state index is 0.100. The summed E-state index contributed by atoms with van der Waals surface area (Å²) in [5, 5.41) is 13.8. The van der Waals surface area contributed by atoms with Crippen molar-refractivity contribution in [3.05, 3.63) is 57.0 Å². The summed E-state index contributed by atoms with van der Waals surface area (Å²) in [5.41, 5.74) is 2.25. The predicted octanol–water partition coefficient (Wildman–Crippen LogP) is 3.56. The molecule has 0 fully saturated rings. The molecule has 10 heteroatoms. The molecule has 33 heavy (non-hydrogen) atoms. The summed E-state index contributed by atoms with van der Waals surface area (Å²) in [6, 6.07) is 9.84. The molecule has 0 saturated carbocycles. The van der Waals surface area contributed by atoms with Crippen molar-refractivity contribution in [2.75, 3.05) is 20.6 Å². The number of aromatic nitrogens is 6. The molecule has 4 aromatic rings. The third-order valence-electron chi connectivity index (χ3n) is 5.89. The Morgan fingerprint density at radius 1 is 1.15 bits per heavy atom. The Labute approximate surface area is 200 Å². The fourth-order valence-corrected chi connectivity index (χ4v) is 6.50. The van der Waals surface area contributed by atoms with E-state index in [4.69, 9.17) is 4.98 Å². The first-order chi connectivity index (χ1) is 16.1. The van der Waals surface area contributed by atoms with Gasteiger partial charge in [0.1, 0.15) is 4.83 Å². The molecule has 1 aromatic carbocycles. The van der Waals surface area contributed by atoms with Gasteiger partial charge in [0.25, 0.3) is 5.56 Å². The van der Waals surface area contributed by atoms with Crippen molar-refractivity contribution in [3.63, 3.8) is 0 Å². The maximum absolute atomic E-state index is 13.7. The zero-order valence-corrected chi connectivity index (χ0v) is 20.5. The smallest absolute Gasteiger partial charge is 0.263 e. The van der Waals surface area contributed by atoms with Crippen molar-refractivity contribution in [2.24, 2.45) is 0 Å². The van der Waals surface area contributed by atoms with Gasteiger partial charge in [-0.3, -0.25) is 9.36 Å². The van der Waals surface area contributed by atoms with Crippen molar-refractivity contribution in [1.29, 1.82) is 0 Å². The molecule has 5 rings (SSSR count). The first-order valence-electron chi connectivity index (χ1n) is 11.3. The first-order valence-corrected chi connectivity index (χ1v) is 13.1. The van der Waals surface area contributed by atoms with E-state index in [1.165, 1.54) is 28.6 Å². The molecule has 0 spiro atoms. The number of benzene rings is 1. The number of para-hydroxylation sites is 1. The molecular formula is C23H27N7OS2. The van der Waals surface area contributed by atoms with Crippen LogP contribution >= 0.6 is 23.1 Å². The zero-order chi connectivity index (χ0) is 22.8.